The van der Waals surface area contributed by atoms with Crippen LogP contribution in [0.25, 0.3) is 22.2 Å². The number of nitrogens with zero attached hydrogens (tertiary/aromatic N) is 3. The molecule has 0 atom stereocenters. The van der Waals surface area contributed by atoms with Crippen LogP contribution in [0.15, 0.2) is 42.5 Å². The number of nitriles is 1. The van der Waals surface area contributed by atoms with Crippen LogP contribution in [0.3, 0.4) is 0 Å². The number of benzene rings is 2. The van der Waals surface area contributed by atoms with Crippen LogP contribution in [0.5, 0.6) is 0 Å². The quantitative estimate of drug-likeness (QED) is 0.741. The fraction of sp³-hybridized carbons (Fsp3) is 0.0714. The molecule has 4 heteroatoms. The minimum Gasteiger partial charge on any atom is -0.262 e. The van der Waals surface area contributed by atoms with E-state index in [-0.39, 0.29) is 6.42 Å². The van der Waals surface area contributed by atoms with Crippen molar-refractivity contribution in [3.63, 3.8) is 0 Å². The second-order valence-corrected chi connectivity index (χ2v) is 4.00. The van der Waals surface area contributed by atoms with Gasteiger partial charge in [-0.05, 0) is 16.8 Å². The molecule has 0 saturated carbocycles. The molecule has 18 heavy (non-hydrogen) atoms. The summed E-state index contributed by atoms with van der Waals surface area (Å²) in [6.45, 7) is 0. The number of rotatable bonds is 2. The topological polar surface area (TPSA) is 65.4 Å². The summed E-state index contributed by atoms with van der Waals surface area (Å²) in [5, 5.41) is 17.8. The predicted molar refractivity (Wildman–Crippen MR) is 68.6 cm³/mol. The minimum absolute atomic E-state index is 0.251. The van der Waals surface area contributed by atoms with Crippen molar-refractivity contribution >= 4 is 10.8 Å². The largest absolute Gasteiger partial charge is 0.262 e. The molecule has 0 aliphatic carbocycles. The molecule has 0 saturated heterocycles. The summed E-state index contributed by atoms with van der Waals surface area (Å²) >= 11 is 0. The van der Waals surface area contributed by atoms with E-state index in [1.165, 1.54) is 5.39 Å². The normalized spacial score (nSPS) is 10.4. The van der Waals surface area contributed by atoms with E-state index in [1.54, 1.807) is 0 Å². The summed E-state index contributed by atoms with van der Waals surface area (Å²) in [4.78, 5) is 4.29. The number of aromatic amines is 1. The van der Waals surface area contributed by atoms with Crippen molar-refractivity contribution in [2.75, 3.05) is 0 Å². The van der Waals surface area contributed by atoms with Crippen LogP contribution in [0.1, 0.15) is 5.82 Å². The summed E-state index contributed by atoms with van der Waals surface area (Å²) in [5.41, 5.74) is 0.953. The van der Waals surface area contributed by atoms with Crippen LogP contribution in [-0.2, 0) is 6.42 Å². The van der Waals surface area contributed by atoms with Crippen molar-refractivity contribution in [1.29, 1.82) is 5.26 Å². The summed E-state index contributed by atoms with van der Waals surface area (Å²) in [6.07, 6.45) is 0.251. The Morgan fingerprint density at radius 3 is 2.78 bits per heavy atom. The molecule has 1 aromatic heterocycles. The second kappa shape index (κ2) is 4.30. The number of aromatic nitrogens is 3. The van der Waals surface area contributed by atoms with Crippen LogP contribution in [0.4, 0.5) is 0 Å². The maximum atomic E-state index is 8.60. The van der Waals surface area contributed by atoms with E-state index in [0.29, 0.717) is 11.6 Å². The van der Waals surface area contributed by atoms with E-state index in [2.05, 4.69) is 33.4 Å². The molecule has 0 spiro atoms. The van der Waals surface area contributed by atoms with Gasteiger partial charge in [0.1, 0.15) is 5.82 Å². The molecule has 4 nitrogen and oxygen atoms in total. The Morgan fingerprint density at radius 1 is 1.11 bits per heavy atom. The highest BCUT2D eigenvalue weighted by molar-refractivity contribution is 5.86. The van der Waals surface area contributed by atoms with Gasteiger partial charge >= 0.3 is 0 Å². The number of H-pyrrole nitrogens is 1. The molecule has 0 aliphatic rings. The first-order chi connectivity index (χ1) is 8.86. The fourth-order valence-electron chi connectivity index (χ4n) is 1.91. The fourth-order valence-corrected chi connectivity index (χ4v) is 1.91. The maximum absolute atomic E-state index is 8.60. The molecule has 0 unspecified atom stereocenters. The predicted octanol–water partition coefficient (Wildman–Crippen LogP) is 2.69. The molecule has 3 rings (SSSR count). The maximum Gasteiger partial charge on any atom is 0.181 e. The average Bonchev–Trinajstić information content (AvgIpc) is 2.87. The minimum atomic E-state index is 0.251. The summed E-state index contributed by atoms with van der Waals surface area (Å²) in [7, 11) is 0. The van der Waals surface area contributed by atoms with Gasteiger partial charge in [-0.2, -0.15) is 10.4 Å². The Bertz CT molecular complexity index is 737. The van der Waals surface area contributed by atoms with Gasteiger partial charge in [-0.1, -0.05) is 36.4 Å². The summed E-state index contributed by atoms with van der Waals surface area (Å²) in [5.74, 6) is 1.23. The Kier molecular flexibility index (Phi) is 2.50. The van der Waals surface area contributed by atoms with Gasteiger partial charge in [0.2, 0.25) is 0 Å². The highest BCUT2D eigenvalue weighted by Crippen LogP contribution is 2.21. The molecule has 0 radical (unpaired) electrons. The smallest absolute Gasteiger partial charge is 0.181 e. The van der Waals surface area contributed by atoms with Crippen LogP contribution >= 0.6 is 0 Å². The Hall–Kier alpha value is -2.67. The standard InChI is InChI=1S/C14H10N4/c15-8-7-13-16-14(18-17-13)12-6-5-10-3-1-2-4-11(10)9-12/h1-6,9H,7H2,(H,16,17,18). The third kappa shape index (κ3) is 1.82. The lowest BCUT2D eigenvalue weighted by Crippen LogP contribution is -1.84. The van der Waals surface area contributed by atoms with Gasteiger partial charge in [0, 0.05) is 5.56 Å². The SMILES string of the molecule is N#CCc1nc(-c2ccc3ccccc3c2)n[nH]1. The number of fused-ring (bicyclic) bond motifs is 1. The summed E-state index contributed by atoms with van der Waals surface area (Å²) in [6, 6.07) is 16.3. The summed E-state index contributed by atoms with van der Waals surface area (Å²) < 4.78 is 0. The van der Waals surface area contributed by atoms with E-state index in [1.807, 2.05) is 30.3 Å². The van der Waals surface area contributed by atoms with E-state index in [4.69, 9.17) is 5.26 Å². The van der Waals surface area contributed by atoms with Gasteiger partial charge in [0.05, 0.1) is 12.5 Å². The van der Waals surface area contributed by atoms with E-state index in [9.17, 15) is 0 Å². The zero-order valence-electron chi connectivity index (χ0n) is 9.59. The number of hydrogen-bond donors (Lipinski definition) is 1. The second-order valence-electron chi connectivity index (χ2n) is 4.00. The average molecular weight is 234 g/mol. The van der Waals surface area contributed by atoms with Crippen LogP contribution < -0.4 is 0 Å². The van der Waals surface area contributed by atoms with E-state index in [0.717, 1.165) is 10.9 Å². The van der Waals surface area contributed by atoms with Crippen molar-refractivity contribution < 1.29 is 0 Å². The molecular formula is C14H10N4. The molecule has 0 aliphatic heterocycles. The zero-order valence-corrected chi connectivity index (χ0v) is 9.59. The molecule has 86 valence electrons. The lowest BCUT2D eigenvalue weighted by Gasteiger charge is -1.99. The molecule has 2 aromatic carbocycles. The zero-order chi connectivity index (χ0) is 12.4. The van der Waals surface area contributed by atoms with Crippen molar-refractivity contribution in [2.45, 2.75) is 6.42 Å². The first kappa shape index (κ1) is 10.5. The highest BCUT2D eigenvalue weighted by Gasteiger charge is 2.06. The third-order valence-electron chi connectivity index (χ3n) is 2.79. The molecule has 1 N–H and O–H groups in total. The van der Waals surface area contributed by atoms with Crippen LogP contribution in [-0.4, -0.2) is 15.2 Å². The van der Waals surface area contributed by atoms with Crippen molar-refractivity contribution in [3.05, 3.63) is 48.3 Å². The Balaban J connectivity index is 2.05. The monoisotopic (exact) mass is 234 g/mol. The third-order valence-corrected chi connectivity index (χ3v) is 2.79. The molecule has 0 amide bonds. The van der Waals surface area contributed by atoms with Gasteiger partial charge in [0.15, 0.2) is 5.82 Å². The lowest BCUT2D eigenvalue weighted by molar-refractivity contribution is 0.996. The van der Waals surface area contributed by atoms with Gasteiger partial charge in [-0.3, -0.25) is 5.10 Å². The molecule has 1 heterocycles. The molecule has 0 fully saturated rings. The first-order valence-electron chi connectivity index (χ1n) is 5.64. The van der Waals surface area contributed by atoms with Crippen molar-refractivity contribution in [2.24, 2.45) is 0 Å². The van der Waals surface area contributed by atoms with Gasteiger partial charge < -0.3 is 0 Å². The number of nitrogens with one attached hydrogen (secondary N) is 1. The Labute approximate surface area is 104 Å². The van der Waals surface area contributed by atoms with Crippen molar-refractivity contribution in [1.82, 2.24) is 15.2 Å². The Morgan fingerprint density at radius 2 is 1.94 bits per heavy atom. The molecular weight excluding hydrogens is 224 g/mol. The van der Waals surface area contributed by atoms with Gasteiger partial charge in [-0.15, -0.1) is 0 Å². The van der Waals surface area contributed by atoms with Crippen LogP contribution in [0.2, 0.25) is 0 Å². The lowest BCUT2D eigenvalue weighted by atomic mass is 10.1. The van der Waals surface area contributed by atoms with Gasteiger partial charge in [0.25, 0.3) is 0 Å². The number of hydrogen-bond acceptors (Lipinski definition) is 3. The van der Waals surface area contributed by atoms with E-state index < -0.39 is 0 Å². The highest BCUT2D eigenvalue weighted by atomic mass is 15.2. The van der Waals surface area contributed by atoms with Crippen LogP contribution in [0, 0.1) is 11.3 Å². The van der Waals surface area contributed by atoms with E-state index >= 15 is 0 Å². The first-order valence-corrected chi connectivity index (χ1v) is 5.64. The molecule has 3 aromatic rings. The van der Waals surface area contributed by atoms with Crippen molar-refractivity contribution in [3.8, 4) is 17.5 Å². The van der Waals surface area contributed by atoms with Gasteiger partial charge in [-0.25, -0.2) is 4.98 Å². The molecule has 0 bridgehead atoms.